The highest BCUT2D eigenvalue weighted by Gasteiger charge is 1.69. The highest BCUT2D eigenvalue weighted by Crippen LogP contribution is 1.89. The van der Waals surface area contributed by atoms with Crippen LogP contribution in [-0.2, 0) is 4.74 Å². The van der Waals surface area contributed by atoms with Gasteiger partial charge in [-0.3, -0.25) is 0 Å². The smallest absolute Gasteiger partial charge is 0.0845 e. The molecule has 0 aromatic rings. The minimum atomic E-state index is 0.720. The van der Waals surface area contributed by atoms with Gasteiger partial charge in [0.05, 0.1) is 12.9 Å². The van der Waals surface area contributed by atoms with Gasteiger partial charge in [-0.2, -0.15) is 0 Å². The Morgan fingerprint density at radius 3 is 2.70 bits per heavy atom. The number of hydrogen-bond donors (Lipinski definition) is 0. The van der Waals surface area contributed by atoms with Crippen LogP contribution < -0.4 is 0 Å². The van der Waals surface area contributed by atoms with Crippen LogP contribution in [0.15, 0.2) is 36.6 Å². The van der Waals surface area contributed by atoms with E-state index in [4.69, 9.17) is 4.74 Å². The van der Waals surface area contributed by atoms with Crippen molar-refractivity contribution in [1.29, 1.82) is 0 Å². The Bertz CT molecular complexity index is 143. The van der Waals surface area contributed by atoms with Gasteiger partial charge in [-0.25, -0.2) is 0 Å². The van der Waals surface area contributed by atoms with Crippen molar-refractivity contribution in [3.8, 4) is 0 Å². The van der Waals surface area contributed by atoms with Crippen molar-refractivity contribution in [2.75, 3.05) is 6.61 Å². The summed E-state index contributed by atoms with van der Waals surface area (Å²) in [5.41, 5.74) is 1.04. The predicted octanol–water partition coefficient (Wildman–Crippen LogP) is 2.67. The fraction of sp³-hybridized carbons (Fsp3) is 0.333. The SMILES string of the molecule is C=C(C)/C=C\C=C/OCC. The average Bonchev–Trinajstić information content (AvgIpc) is 1.87. The molecule has 0 spiro atoms. The monoisotopic (exact) mass is 138 g/mol. The van der Waals surface area contributed by atoms with Gasteiger partial charge in [-0.1, -0.05) is 24.3 Å². The van der Waals surface area contributed by atoms with Crippen molar-refractivity contribution in [2.45, 2.75) is 13.8 Å². The molecule has 0 aromatic carbocycles. The molecular formula is C9H14O. The third-order valence-corrected chi connectivity index (χ3v) is 0.833. The minimum absolute atomic E-state index is 0.720. The molecule has 0 saturated carbocycles. The van der Waals surface area contributed by atoms with Gasteiger partial charge in [-0.15, -0.1) is 0 Å². The van der Waals surface area contributed by atoms with Crippen molar-refractivity contribution in [3.63, 3.8) is 0 Å². The molecule has 0 rings (SSSR count). The molecule has 0 aliphatic rings. The van der Waals surface area contributed by atoms with E-state index in [2.05, 4.69) is 6.58 Å². The zero-order valence-electron chi connectivity index (χ0n) is 6.63. The van der Waals surface area contributed by atoms with Crippen molar-refractivity contribution in [1.82, 2.24) is 0 Å². The van der Waals surface area contributed by atoms with E-state index in [-0.39, 0.29) is 0 Å². The molecule has 0 fully saturated rings. The van der Waals surface area contributed by atoms with E-state index < -0.39 is 0 Å². The van der Waals surface area contributed by atoms with Gasteiger partial charge in [0.1, 0.15) is 0 Å². The summed E-state index contributed by atoms with van der Waals surface area (Å²) in [6.45, 7) is 8.33. The Morgan fingerprint density at radius 1 is 1.50 bits per heavy atom. The quantitative estimate of drug-likeness (QED) is 0.428. The van der Waals surface area contributed by atoms with Crippen LogP contribution in [-0.4, -0.2) is 6.61 Å². The third kappa shape index (κ3) is 7.02. The maximum Gasteiger partial charge on any atom is 0.0845 e. The molecule has 0 aliphatic carbocycles. The van der Waals surface area contributed by atoms with Crippen LogP contribution in [0.2, 0.25) is 0 Å². The van der Waals surface area contributed by atoms with Crippen molar-refractivity contribution in [3.05, 3.63) is 36.6 Å². The molecule has 0 aromatic heterocycles. The normalized spacial score (nSPS) is 11.0. The fourth-order valence-corrected chi connectivity index (χ4v) is 0.417. The fourth-order valence-electron chi connectivity index (χ4n) is 0.417. The zero-order valence-corrected chi connectivity index (χ0v) is 6.63. The first kappa shape index (κ1) is 9.02. The van der Waals surface area contributed by atoms with Crippen LogP contribution in [0.4, 0.5) is 0 Å². The molecular weight excluding hydrogens is 124 g/mol. The predicted molar refractivity (Wildman–Crippen MR) is 44.7 cm³/mol. The largest absolute Gasteiger partial charge is 0.501 e. The Morgan fingerprint density at radius 2 is 2.20 bits per heavy atom. The van der Waals surface area contributed by atoms with E-state index in [1.807, 2.05) is 32.1 Å². The molecule has 0 unspecified atom stereocenters. The van der Waals surface area contributed by atoms with Gasteiger partial charge in [-0.05, 0) is 19.9 Å². The van der Waals surface area contributed by atoms with Crippen LogP contribution in [0.25, 0.3) is 0 Å². The summed E-state index contributed by atoms with van der Waals surface area (Å²) >= 11 is 0. The van der Waals surface area contributed by atoms with Gasteiger partial charge in [0.25, 0.3) is 0 Å². The Hall–Kier alpha value is -0.980. The number of ether oxygens (including phenoxy) is 1. The summed E-state index contributed by atoms with van der Waals surface area (Å²) in [6, 6.07) is 0. The van der Waals surface area contributed by atoms with Gasteiger partial charge < -0.3 is 4.74 Å². The van der Waals surface area contributed by atoms with Crippen LogP contribution in [0, 0.1) is 0 Å². The number of rotatable bonds is 4. The second kappa shape index (κ2) is 6.14. The lowest BCUT2D eigenvalue weighted by molar-refractivity contribution is 0.269. The highest BCUT2D eigenvalue weighted by atomic mass is 16.5. The molecule has 56 valence electrons. The lowest BCUT2D eigenvalue weighted by Crippen LogP contribution is -1.74. The molecule has 1 nitrogen and oxygen atoms in total. The van der Waals surface area contributed by atoms with Gasteiger partial charge in [0.15, 0.2) is 0 Å². The number of allylic oxidation sites excluding steroid dienone is 4. The summed E-state index contributed by atoms with van der Waals surface area (Å²) in [5, 5.41) is 0. The Kier molecular flexibility index (Phi) is 5.54. The topological polar surface area (TPSA) is 9.23 Å². The molecule has 0 atom stereocenters. The average molecular weight is 138 g/mol. The molecule has 0 saturated heterocycles. The van der Waals surface area contributed by atoms with Gasteiger partial charge in [0.2, 0.25) is 0 Å². The van der Waals surface area contributed by atoms with Crippen molar-refractivity contribution in [2.24, 2.45) is 0 Å². The van der Waals surface area contributed by atoms with Gasteiger partial charge in [0, 0.05) is 0 Å². The molecule has 0 heterocycles. The van der Waals surface area contributed by atoms with E-state index in [1.54, 1.807) is 6.26 Å². The molecule has 1 heteroatoms. The van der Waals surface area contributed by atoms with E-state index in [9.17, 15) is 0 Å². The Balaban J connectivity index is 3.42. The second-order valence-electron chi connectivity index (χ2n) is 1.99. The second-order valence-corrected chi connectivity index (χ2v) is 1.99. The molecule has 0 aliphatic heterocycles. The molecule has 10 heavy (non-hydrogen) atoms. The number of hydrogen-bond acceptors (Lipinski definition) is 1. The highest BCUT2D eigenvalue weighted by molar-refractivity contribution is 5.15. The zero-order chi connectivity index (χ0) is 7.82. The lowest BCUT2D eigenvalue weighted by Gasteiger charge is -1.88. The van der Waals surface area contributed by atoms with Gasteiger partial charge >= 0.3 is 0 Å². The van der Waals surface area contributed by atoms with Crippen LogP contribution >= 0.6 is 0 Å². The first-order valence-electron chi connectivity index (χ1n) is 3.37. The summed E-state index contributed by atoms with van der Waals surface area (Å²) in [5.74, 6) is 0. The first-order valence-corrected chi connectivity index (χ1v) is 3.37. The van der Waals surface area contributed by atoms with Crippen LogP contribution in [0.3, 0.4) is 0 Å². The van der Waals surface area contributed by atoms with Crippen molar-refractivity contribution < 1.29 is 4.74 Å². The minimum Gasteiger partial charge on any atom is -0.501 e. The summed E-state index contributed by atoms with van der Waals surface area (Å²) < 4.78 is 4.95. The maximum atomic E-state index is 4.95. The first-order chi connectivity index (χ1) is 4.77. The lowest BCUT2D eigenvalue weighted by atomic mass is 10.3. The maximum absolute atomic E-state index is 4.95. The van der Waals surface area contributed by atoms with Crippen molar-refractivity contribution >= 4 is 0 Å². The summed E-state index contributed by atoms with van der Waals surface area (Å²) in [7, 11) is 0. The summed E-state index contributed by atoms with van der Waals surface area (Å²) in [6.07, 6.45) is 7.34. The van der Waals surface area contributed by atoms with E-state index >= 15 is 0 Å². The molecule has 0 radical (unpaired) electrons. The standard InChI is InChI=1S/C9H14O/c1-4-10-8-6-5-7-9(2)3/h5-8H,2,4H2,1,3H3/b7-5-,8-6-. The Labute approximate surface area is 62.7 Å². The molecule has 0 bridgehead atoms. The van der Waals surface area contributed by atoms with E-state index in [1.165, 1.54) is 0 Å². The molecule has 0 N–H and O–H groups in total. The van der Waals surface area contributed by atoms with Crippen LogP contribution in [0.1, 0.15) is 13.8 Å². The van der Waals surface area contributed by atoms with E-state index in [0.717, 1.165) is 12.2 Å². The van der Waals surface area contributed by atoms with E-state index in [0.29, 0.717) is 0 Å². The van der Waals surface area contributed by atoms with Crippen LogP contribution in [0.5, 0.6) is 0 Å². The molecule has 0 amide bonds. The third-order valence-electron chi connectivity index (χ3n) is 0.833. The summed E-state index contributed by atoms with van der Waals surface area (Å²) in [4.78, 5) is 0.